The molecule has 0 radical (unpaired) electrons. The molecule has 0 aromatic rings. The Morgan fingerprint density at radius 3 is 2.82 bits per heavy atom. The Balaban J connectivity index is 2.14. The van der Waals surface area contributed by atoms with Crippen LogP contribution < -0.4 is 5.73 Å². The molecule has 3 atom stereocenters. The Morgan fingerprint density at radius 2 is 2.18 bits per heavy atom. The fourth-order valence-corrected chi connectivity index (χ4v) is 2.79. The molecule has 0 amide bonds. The quantitative estimate of drug-likeness (QED) is 0.761. The number of nitrogens with two attached hydrogens (primary N) is 1. The molecule has 1 fully saturated rings. The molecule has 0 saturated carbocycles. The number of allylic oxidation sites excluding steroid dienone is 5. The molecular formula is C14H23N2P. The minimum absolute atomic E-state index is 0.154. The van der Waals surface area contributed by atoms with E-state index in [0.717, 1.165) is 19.4 Å². The van der Waals surface area contributed by atoms with Crippen LogP contribution in [0.1, 0.15) is 13.8 Å². The predicted molar refractivity (Wildman–Crippen MR) is 77.8 cm³/mol. The van der Waals surface area contributed by atoms with Gasteiger partial charge in [-0.2, -0.15) is 0 Å². The van der Waals surface area contributed by atoms with Crippen molar-refractivity contribution in [2.45, 2.75) is 19.9 Å². The number of hydrogen-bond acceptors (Lipinski definition) is 2. The summed E-state index contributed by atoms with van der Waals surface area (Å²) in [7, 11) is 2.78. The molecule has 0 bridgehead atoms. The van der Waals surface area contributed by atoms with Gasteiger partial charge in [0.1, 0.15) is 0 Å². The van der Waals surface area contributed by atoms with E-state index < -0.39 is 0 Å². The van der Waals surface area contributed by atoms with Crippen LogP contribution in [0.15, 0.2) is 36.0 Å². The number of likely N-dealkylation sites (tertiary alicyclic amines) is 1. The predicted octanol–water partition coefficient (Wildman–Crippen LogP) is 2.16. The Bertz CT molecular complexity index is 368. The Kier molecular flexibility index (Phi) is 3.87. The van der Waals surface area contributed by atoms with E-state index in [9.17, 15) is 0 Å². The zero-order valence-electron chi connectivity index (χ0n) is 10.8. The van der Waals surface area contributed by atoms with Crippen molar-refractivity contribution in [2.24, 2.45) is 17.1 Å². The third-order valence-corrected chi connectivity index (χ3v) is 4.16. The third kappa shape index (κ3) is 3.07. The van der Waals surface area contributed by atoms with Crippen LogP contribution in [0.3, 0.4) is 0 Å². The van der Waals surface area contributed by atoms with Crippen molar-refractivity contribution < 1.29 is 0 Å². The van der Waals surface area contributed by atoms with Gasteiger partial charge in [0.05, 0.1) is 0 Å². The summed E-state index contributed by atoms with van der Waals surface area (Å²) in [5.74, 6) is 0.477. The summed E-state index contributed by atoms with van der Waals surface area (Å²) in [5, 5.41) is 0. The molecule has 1 saturated heterocycles. The van der Waals surface area contributed by atoms with E-state index in [1.807, 2.05) is 0 Å². The molecule has 3 unspecified atom stereocenters. The number of rotatable bonds is 2. The summed E-state index contributed by atoms with van der Waals surface area (Å²) in [6, 6.07) is 0.265. The van der Waals surface area contributed by atoms with E-state index >= 15 is 0 Å². The van der Waals surface area contributed by atoms with Gasteiger partial charge in [-0.05, 0) is 5.57 Å². The molecule has 2 aliphatic rings. The van der Waals surface area contributed by atoms with Crippen LogP contribution in [0, 0.1) is 11.3 Å². The molecule has 2 nitrogen and oxygen atoms in total. The maximum absolute atomic E-state index is 6.24. The van der Waals surface area contributed by atoms with Crippen molar-refractivity contribution in [1.29, 1.82) is 0 Å². The molecule has 0 aromatic carbocycles. The molecule has 0 spiro atoms. The van der Waals surface area contributed by atoms with Crippen LogP contribution >= 0.6 is 9.24 Å². The summed E-state index contributed by atoms with van der Waals surface area (Å²) in [5.41, 5.74) is 7.77. The highest BCUT2D eigenvalue weighted by Gasteiger charge is 2.31. The first-order valence-corrected chi connectivity index (χ1v) is 7.10. The molecule has 1 heterocycles. The van der Waals surface area contributed by atoms with Crippen molar-refractivity contribution in [3.63, 3.8) is 0 Å². The van der Waals surface area contributed by atoms with Crippen LogP contribution in [0.4, 0.5) is 0 Å². The highest BCUT2D eigenvalue weighted by molar-refractivity contribution is 7.16. The van der Waals surface area contributed by atoms with Gasteiger partial charge in [-0.3, -0.25) is 4.90 Å². The van der Waals surface area contributed by atoms with Gasteiger partial charge in [-0.15, -0.1) is 9.24 Å². The second-order valence-corrected chi connectivity index (χ2v) is 6.03. The van der Waals surface area contributed by atoms with E-state index in [0.29, 0.717) is 5.92 Å². The second kappa shape index (κ2) is 5.06. The Morgan fingerprint density at radius 1 is 1.41 bits per heavy atom. The average molecular weight is 250 g/mol. The first kappa shape index (κ1) is 13.0. The average Bonchev–Trinajstić information content (AvgIpc) is 2.55. The van der Waals surface area contributed by atoms with Gasteiger partial charge in [-0.1, -0.05) is 44.2 Å². The number of nitrogens with zero attached hydrogens (tertiary/aromatic N) is 1. The molecule has 3 heteroatoms. The fraction of sp³-hybridized carbons (Fsp3) is 0.571. The second-order valence-electron chi connectivity index (χ2n) is 5.67. The normalized spacial score (nSPS) is 32.6. The lowest BCUT2D eigenvalue weighted by Crippen LogP contribution is -2.30. The lowest BCUT2D eigenvalue weighted by molar-refractivity contribution is 0.387. The molecule has 0 aromatic heterocycles. The minimum Gasteiger partial charge on any atom is -0.326 e. The third-order valence-electron chi connectivity index (χ3n) is 3.65. The monoisotopic (exact) mass is 250 g/mol. The Hall–Kier alpha value is -0.430. The maximum Gasteiger partial charge on any atom is 0.0250 e. The highest BCUT2D eigenvalue weighted by atomic mass is 31.0. The van der Waals surface area contributed by atoms with Gasteiger partial charge < -0.3 is 5.73 Å². The highest BCUT2D eigenvalue weighted by Crippen LogP contribution is 2.29. The smallest absolute Gasteiger partial charge is 0.0250 e. The summed E-state index contributed by atoms with van der Waals surface area (Å²) >= 11 is 0. The van der Waals surface area contributed by atoms with E-state index in [1.54, 1.807) is 0 Å². The first-order valence-electron chi connectivity index (χ1n) is 6.28. The van der Waals surface area contributed by atoms with Crippen LogP contribution in [0.25, 0.3) is 0 Å². The fourth-order valence-electron chi connectivity index (χ4n) is 2.49. The van der Waals surface area contributed by atoms with Gasteiger partial charge in [0, 0.05) is 36.8 Å². The van der Waals surface area contributed by atoms with Crippen molar-refractivity contribution in [1.82, 2.24) is 4.90 Å². The molecule has 2 rings (SSSR count). The lowest BCUT2D eigenvalue weighted by atomic mass is 9.91. The van der Waals surface area contributed by atoms with Crippen LogP contribution in [-0.2, 0) is 0 Å². The molecule has 1 aliphatic carbocycles. The van der Waals surface area contributed by atoms with Crippen molar-refractivity contribution in [3.05, 3.63) is 36.0 Å². The molecule has 1 aliphatic heterocycles. The van der Waals surface area contributed by atoms with Gasteiger partial charge >= 0.3 is 0 Å². The standard InChI is InChI=1S/C14H23N2P/c1-14(2)6-3-4-11(5-7-14)12-8-16(10-17)9-13(12)15/h3-7,12-13H,8-10,15,17H2,1-2H3. The van der Waals surface area contributed by atoms with Crippen LogP contribution in [-0.4, -0.2) is 30.3 Å². The van der Waals surface area contributed by atoms with Crippen molar-refractivity contribution >= 4 is 9.24 Å². The van der Waals surface area contributed by atoms with Crippen LogP contribution in [0.5, 0.6) is 0 Å². The van der Waals surface area contributed by atoms with Gasteiger partial charge in [0.25, 0.3) is 0 Å². The SMILES string of the molecule is CC1(C)C=CC=C(C2CN(CP)CC2N)C=C1. The molecule has 2 N–H and O–H groups in total. The van der Waals surface area contributed by atoms with E-state index in [1.165, 1.54) is 5.57 Å². The summed E-state index contributed by atoms with van der Waals surface area (Å²) in [6.07, 6.45) is 12.2. The topological polar surface area (TPSA) is 29.3 Å². The molecule has 17 heavy (non-hydrogen) atoms. The lowest BCUT2D eigenvalue weighted by Gasteiger charge is -2.16. The molecule has 94 valence electrons. The zero-order valence-corrected chi connectivity index (χ0v) is 11.9. The van der Waals surface area contributed by atoms with E-state index in [2.05, 4.69) is 58.4 Å². The molecular weight excluding hydrogens is 227 g/mol. The van der Waals surface area contributed by atoms with Crippen LogP contribution in [0.2, 0.25) is 0 Å². The van der Waals surface area contributed by atoms with Gasteiger partial charge in [0.15, 0.2) is 0 Å². The largest absolute Gasteiger partial charge is 0.326 e. The zero-order chi connectivity index (χ0) is 12.5. The Labute approximate surface area is 107 Å². The van der Waals surface area contributed by atoms with Gasteiger partial charge in [-0.25, -0.2) is 0 Å². The maximum atomic E-state index is 6.24. The summed E-state index contributed by atoms with van der Waals surface area (Å²) in [6.45, 7) is 6.53. The van der Waals surface area contributed by atoms with E-state index in [4.69, 9.17) is 5.73 Å². The summed E-state index contributed by atoms with van der Waals surface area (Å²) < 4.78 is 0. The van der Waals surface area contributed by atoms with Gasteiger partial charge in [0.2, 0.25) is 0 Å². The first-order chi connectivity index (χ1) is 8.02. The summed E-state index contributed by atoms with van der Waals surface area (Å²) in [4.78, 5) is 2.40. The van der Waals surface area contributed by atoms with E-state index in [-0.39, 0.29) is 11.5 Å². The van der Waals surface area contributed by atoms with Crippen molar-refractivity contribution in [3.8, 4) is 0 Å². The van der Waals surface area contributed by atoms with Crippen molar-refractivity contribution in [2.75, 3.05) is 19.4 Å². The minimum atomic E-state index is 0.154. The number of hydrogen-bond donors (Lipinski definition) is 1.